The first-order chi connectivity index (χ1) is 9.99. The molecule has 1 unspecified atom stereocenters. The van der Waals surface area contributed by atoms with Crippen LogP contribution in [-0.4, -0.2) is 14.9 Å². The largest absolute Gasteiger partial charge is 0.356 e. The van der Waals surface area contributed by atoms with Crippen LogP contribution >= 0.6 is 12.2 Å². The lowest BCUT2D eigenvalue weighted by atomic mass is 10.1. The molecule has 4 nitrogen and oxygen atoms in total. The number of anilines is 1. The Balaban J connectivity index is 1.98. The van der Waals surface area contributed by atoms with Gasteiger partial charge in [-0.2, -0.15) is 5.10 Å². The van der Waals surface area contributed by atoms with Crippen LogP contribution in [0.2, 0.25) is 0 Å². The van der Waals surface area contributed by atoms with Crippen LogP contribution in [0.15, 0.2) is 30.5 Å². The van der Waals surface area contributed by atoms with Gasteiger partial charge in [0.1, 0.15) is 0 Å². The van der Waals surface area contributed by atoms with Crippen molar-refractivity contribution in [3.63, 3.8) is 0 Å². The third-order valence-corrected chi connectivity index (χ3v) is 3.65. The van der Waals surface area contributed by atoms with E-state index in [1.165, 1.54) is 11.1 Å². The first-order valence-corrected chi connectivity index (χ1v) is 7.58. The van der Waals surface area contributed by atoms with E-state index in [-0.39, 0.29) is 6.04 Å². The Labute approximate surface area is 131 Å². The molecule has 2 rings (SSSR count). The summed E-state index contributed by atoms with van der Waals surface area (Å²) in [4.78, 5) is 0. The number of thiocarbonyl (C=S) groups is 1. The van der Waals surface area contributed by atoms with Crippen LogP contribution in [0.1, 0.15) is 36.7 Å². The summed E-state index contributed by atoms with van der Waals surface area (Å²) in [6.45, 7) is 9.14. The fraction of sp³-hybridized carbons (Fsp3) is 0.375. The van der Waals surface area contributed by atoms with Crippen molar-refractivity contribution in [2.24, 2.45) is 0 Å². The van der Waals surface area contributed by atoms with Gasteiger partial charge in [0, 0.05) is 24.0 Å². The smallest absolute Gasteiger partial charge is 0.171 e. The topological polar surface area (TPSA) is 41.9 Å². The van der Waals surface area contributed by atoms with Crippen LogP contribution < -0.4 is 10.6 Å². The zero-order chi connectivity index (χ0) is 15.4. The monoisotopic (exact) mass is 302 g/mol. The van der Waals surface area contributed by atoms with E-state index >= 15 is 0 Å². The average molecular weight is 302 g/mol. The molecule has 1 heterocycles. The number of nitrogens with zero attached hydrogens (tertiary/aromatic N) is 2. The SMILES string of the molecule is CCn1cc(C(C)NC(=S)Nc2ccc(C)cc2)c(C)n1. The highest BCUT2D eigenvalue weighted by Gasteiger charge is 2.13. The van der Waals surface area contributed by atoms with Crippen LogP contribution in [0.3, 0.4) is 0 Å². The third kappa shape index (κ3) is 4.04. The van der Waals surface area contributed by atoms with Crippen molar-refractivity contribution in [1.82, 2.24) is 15.1 Å². The highest BCUT2D eigenvalue weighted by molar-refractivity contribution is 7.80. The van der Waals surface area contributed by atoms with Gasteiger partial charge in [0.05, 0.1) is 11.7 Å². The highest BCUT2D eigenvalue weighted by atomic mass is 32.1. The number of rotatable bonds is 4. The minimum Gasteiger partial charge on any atom is -0.356 e. The van der Waals surface area contributed by atoms with Gasteiger partial charge in [0.2, 0.25) is 0 Å². The van der Waals surface area contributed by atoms with Crippen molar-refractivity contribution < 1.29 is 0 Å². The first kappa shape index (κ1) is 15.5. The van der Waals surface area contributed by atoms with Crippen molar-refractivity contribution in [2.45, 2.75) is 40.3 Å². The molecule has 0 fully saturated rings. The maximum Gasteiger partial charge on any atom is 0.171 e. The van der Waals surface area contributed by atoms with Crippen molar-refractivity contribution in [3.8, 4) is 0 Å². The first-order valence-electron chi connectivity index (χ1n) is 7.17. The van der Waals surface area contributed by atoms with Crippen LogP contribution in [0.5, 0.6) is 0 Å². The third-order valence-electron chi connectivity index (χ3n) is 3.43. The highest BCUT2D eigenvalue weighted by Crippen LogP contribution is 2.16. The molecule has 0 aliphatic rings. The van der Waals surface area contributed by atoms with Crippen molar-refractivity contribution >= 4 is 23.0 Å². The van der Waals surface area contributed by atoms with Crippen LogP contribution in [-0.2, 0) is 6.54 Å². The minimum atomic E-state index is 0.121. The molecule has 1 atom stereocenters. The van der Waals surface area contributed by atoms with Crippen molar-refractivity contribution in [1.29, 1.82) is 0 Å². The van der Waals surface area contributed by atoms with Gasteiger partial charge in [0.15, 0.2) is 5.11 Å². The summed E-state index contributed by atoms with van der Waals surface area (Å²) in [5, 5.41) is 11.6. The second-order valence-corrected chi connectivity index (χ2v) is 5.62. The standard InChI is InChI=1S/C16H22N4S/c1-5-20-10-15(13(4)19-20)12(3)17-16(21)18-14-8-6-11(2)7-9-14/h6-10,12H,5H2,1-4H3,(H2,17,18,21). The predicted octanol–water partition coefficient (Wildman–Crippen LogP) is 3.57. The van der Waals surface area contributed by atoms with Crippen LogP contribution in [0, 0.1) is 13.8 Å². The number of hydrogen-bond donors (Lipinski definition) is 2. The van der Waals surface area contributed by atoms with E-state index in [2.05, 4.69) is 54.8 Å². The number of aryl methyl sites for hydroxylation is 3. The molecule has 1 aromatic carbocycles. The summed E-state index contributed by atoms with van der Waals surface area (Å²) in [7, 11) is 0. The lowest BCUT2D eigenvalue weighted by Crippen LogP contribution is -2.31. The van der Waals surface area contributed by atoms with Gasteiger partial charge in [-0.1, -0.05) is 17.7 Å². The van der Waals surface area contributed by atoms with Crippen molar-refractivity contribution in [3.05, 3.63) is 47.3 Å². The van der Waals surface area contributed by atoms with E-state index in [1.807, 2.05) is 23.7 Å². The Kier molecular flexibility index (Phi) is 4.96. The average Bonchev–Trinajstić information content (AvgIpc) is 2.82. The second-order valence-electron chi connectivity index (χ2n) is 5.21. The predicted molar refractivity (Wildman–Crippen MR) is 91.6 cm³/mol. The van der Waals surface area contributed by atoms with E-state index in [4.69, 9.17) is 12.2 Å². The molecule has 1 aromatic heterocycles. The lowest BCUT2D eigenvalue weighted by molar-refractivity contribution is 0.651. The maximum atomic E-state index is 5.37. The summed E-state index contributed by atoms with van der Waals surface area (Å²) < 4.78 is 1.94. The lowest BCUT2D eigenvalue weighted by Gasteiger charge is -2.16. The Morgan fingerprint density at radius 3 is 2.52 bits per heavy atom. The Morgan fingerprint density at radius 1 is 1.29 bits per heavy atom. The molecule has 0 radical (unpaired) electrons. The minimum absolute atomic E-state index is 0.121. The molecule has 0 bridgehead atoms. The Hall–Kier alpha value is -1.88. The van der Waals surface area contributed by atoms with E-state index in [9.17, 15) is 0 Å². The molecule has 0 spiro atoms. The van der Waals surface area contributed by atoms with E-state index in [0.717, 1.165) is 17.9 Å². The number of nitrogens with one attached hydrogen (secondary N) is 2. The molecule has 0 amide bonds. The van der Waals surface area contributed by atoms with Gasteiger partial charge < -0.3 is 10.6 Å². The van der Waals surface area contributed by atoms with Gasteiger partial charge in [-0.3, -0.25) is 4.68 Å². The van der Waals surface area contributed by atoms with E-state index in [0.29, 0.717) is 5.11 Å². The van der Waals surface area contributed by atoms with E-state index in [1.54, 1.807) is 0 Å². The van der Waals surface area contributed by atoms with Gasteiger partial charge in [-0.15, -0.1) is 0 Å². The number of benzene rings is 1. The molecule has 0 saturated carbocycles. The maximum absolute atomic E-state index is 5.37. The summed E-state index contributed by atoms with van der Waals surface area (Å²) in [5.74, 6) is 0. The Morgan fingerprint density at radius 2 is 1.95 bits per heavy atom. The molecule has 0 aliphatic heterocycles. The molecular weight excluding hydrogens is 280 g/mol. The molecular formula is C16H22N4S. The Bertz CT molecular complexity index is 616. The zero-order valence-electron chi connectivity index (χ0n) is 13.0. The van der Waals surface area contributed by atoms with Gasteiger partial charge in [0.25, 0.3) is 0 Å². The fourth-order valence-electron chi connectivity index (χ4n) is 2.20. The molecule has 0 aliphatic carbocycles. The van der Waals surface area contributed by atoms with Crippen LogP contribution in [0.4, 0.5) is 5.69 Å². The number of aromatic nitrogens is 2. The summed E-state index contributed by atoms with van der Waals surface area (Å²) in [5.41, 5.74) is 4.43. The quantitative estimate of drug-likeness (QED) is 0.847. The molecule has 2 N–H and O–H groups in total. The van der Waals surface area contributed by atoms with E-state index < -0.39 is 0 Å². The van der Waals surface area contributed by atoms with Crippen LogP contribution in [0.25, 0.3) is 0 Å². The second kappa shape index (κ2) is 6.72. The van der Waals surface area contributed by atoms with Crippen molar-refractivity contribution in [2.75, 3.05) is 5.32 Å². The fourth-order valence-corrected chi connectivity index (χ4v) is 2.49. The summed E-state index contributed by atoms with van der Waals surface area (Å²) in [6, 6.07) is 8.28. The van der Waals surface area contributed by atoms with Gasteiger partial charge in [-0.25, -0.2) is 0 Å². The molecule has 0 saturated heterocycles. The summed E-state index contributed by atoms with van der Waals surface area (Å²) in [6.07, 6.45) is 2.07. The van der Waals surface area contributed by atoms with Gasteiger partial charge >= 0.3 is 0 Å². The van der Waals surface area contributed by atoms with Gasteiger partial charge in [-0.05, 0) is 52.0 Å². The molecule has 112 valence electrons. The normalized spacial score (nSPS) is 12.0. The molecule has 21 heavy (non-hydrogen) atoms. The number of hydrogen-bond acceptors (Lipinski definition) is 2. The zero-order valence-corrected chi connectivity index (χ0v) is 13.8. The molecule has 5 heteroatoms. The molecule has 2 aromatic rings. The summed E-state index contributed by atoms with van der Waals surface area (Å²) >= 11 is 5.37.